The average molecular weight is 716 g/mol. The third-order valence-corrected chi connectivity index (χ3v) is 9.89. The Labute approximate surface area is 310 Å². The molecule has 0 unspecified atom stereocenters. The first-order chi connectivity index (χ1) is 25.9. The number of nitrogens with zero attached hydrogens (tertiary/aromatic N) is 1. The van der Waals surface area contributed by atoms with Gasteiger partial charge in [0.1, 0.15) is 11.5 Å². The fraction of sp³-hybridized carbons (Fsp3) is 0.279. The van der Waals surface area contributed by atoms with Crippen molar-refractivity contribution in [1.82, 2.24) is 4.90 Å². The highest BCUT2D eigenvalue weighted by molar-refractivity contribution is 5.99. The number of para-hydroxylation sites is 1. The summed E-state index contributed by atoms with van der Waals surface area (Å²) in [6.45, 7) is 4.55. The summed E-state index contributed by atoms with van der Waals surface area (Å²) >= 11 is 0. The van der Waals surface area contributed by atoms with Crippen molar-refractivity contribution in [1.29, 1.82) is 0 Å². The number of anilines is 2. The molecule has 3 N–H and O–H groups in total. The number of aliphatic hydroxyl groups is 1. The van der Waals surface area contributed by atoms with E-state index in [1.807, 2.05) is 91.0 Å². The molecule has 53 heavy (non-hydrogen) atoms. The highest BCUT2D eigenvalue weighted by Crippen LogP contribution is 2.42. The van der Waals surface area contributed by atoms with Gasteiger partial charge in [-0.2, -0.15) is 0 Å². The second-order valence-corrected chi connectivity index (χ2v) is 13.4. The predicted octanol–water partition coefficient (Wildman–Crippen LogP) is 8.48. The summed E-state index contributed by atoms with van der Waals surface area (Å²) in [4.78, 5) is 15.3. The number of nitrogens with one attached hydrogen (secondary N) is 2. The van der Waals surface area contributed by atoms with Crippen LogP contribution in [0.15, 0.2) is 115 Å². The Kier molecular flexibility index (Phi) is 11.2. The number of urea groups is 1. The molecule has 0 radical (unpaired) electrons. The van der Waals surface area contributed by atoms with Crippen LogP contribution in [-0.4, -0.2) is 49.5 Å². The van der Waals surface area contributed by atoms with Gasteiger partial charge in [-0.3, -0.25) is 4.90 Å². The van der Waals surface area contributed by atoms with Gasteiger partial charge < -0.3 is 39.4 Å². The number of fused-ring (bicyclic) bond motifs is 1. The molecule has 5 aromatic carbocycles. The van der Waals surface area contributed by atoms with E-state index < -0.39 is 6.29 Å². The lowest BCUT2D eigenvalue weighted by Crippen LogP contribution is -2.45. The van der Waals surface area contributed by atoms with E-state index in [1.165, 1.54) is 11.1 Å². The molecule has 10 heteroatoms. The fourth-order valence-electron chi connectivity index (χ4n) is 6.93. The molecule has 0 spiro atoms. The first-order valence-electron chi connectivity index (χ1n) is 17.9. The number of rotatable bonds is 11. The summed E-state index contributed by atoms with van der Waals surface area (Å²) < 4.78 is 30.4. The van der Waals surface area contributed by atoms with Crippen LogP contribution >= 0.6 is 0 Å². The molecule has 1 fully saturated rings. The van der Waals surface area contributed by atoms with Gasteiger partial charge in [-0.15, -0.1) is 0 Å². The fourth-order valence-corrected chi connectivity index (χ4v) is 6.93. The van der Waals surface area contributed by atoms with Gasteiger partial charge in [0.25, 0.3) is 0 Å². The molecule has 2 aliphatic heterocycles. The number of carbonyl (C=O) groups is 1. The Morgan fingerprint density at radius 1 is 0.774 bits per heavy atom. The molecule has 2 heterocycles. The van der Waals surface area contributed by atoms with Gasteiger partial charge in [0.15, 0.2) is 17.8 Å². The molecule has 2 aliphatic rings. The SMILES string of the molecule is COc1cc2c(cc1OC)CN(C[C@H]1O[C@@H](c3ccc(NC(=O)Nc4ccc(Oc5ccccc5)cc4)cc3)O[C@@H](c3ccc(CO)cc3)[C@H]1C)CC2. The molecule has 0 bridgehead atoms. The first-order valence-corrected chi connectivity index (χ1v) is 17.9. The summed E-state index contributed by atoms with van der Waals surface area (Å²) in [7, 11) is 3.33. The quantitative estimate of drug-likeness (QED) is 0.125. The number of hydrogen-bond donors (Lipinski definition) is 3. The summed E-state index contributed by atoms with van der Waals surface area (Å²) in [5, 5.41) is 15.4. The van der Waals surface area contributed by atoms with Crippen LogP contribution in [0, 0.1) is 5.92 Å². The largest absolute Gasteiger partial charge is 0.493 e. The Morgan fingerprint density at radius 2 is 1.38 bits per heavy atom. The molecule has 7 rings (SSSR count). The van der Waals surface area contributed by atoms with Gasteiger partial charge in [0.2, 0.25) is 0 Å². The third kappa shape index (κ3) is 8.64. The second-order valence-electron chi connectivity index (χ2n) is 13.4. The maximum Gasteiger partial charge on any atom is 0.323 e. The molecule has 0 aromatic heterocycles. The van der Waals surface area contributed by atoms with Crippen molar-refractivity contribution in [2.24, 2.45) is 5.92 Å². The van der Waals surface area contributed by atoms with Gasteiger partial charge in [-0.1, -0.05) is 61.5 Å². The normalized spacial score (nSPS) is 19.8. The van der Waals surface area contributed by atoms with Crippen molar-refractivity contribution >= 4 is 17.4 Å². The smallest absolute Gasteiger partial charge is 0.323 e. The zero-order chi connectivity index (χ0) is 36.7. The highest BCUT2D eigenvalue weighted by Gasteiger charge is 2.39. The molecule has 5 aromatic rings. The molecule has 10 nitrogen and oxygen atoms in total. The zero-order valence-corrected chi connectivity index (χ0v) is 30.2. The van der Waals surface area contributed by atoms with Crippen LogP contribution < -0.4 is 24.8 Å². The van der Waals surface area contributed by atoms with Crippen LogP contribution in [0.4, 0.5) is 16.2 Å². The van der Waals surface area contributed by atoms with Gasteiger partial charge in [0, 0.05) is 42.5 Å². The predicted molar refractivity (Wildman–Crippen MR) is 204 cm³/mol. The number of benzene rings is 5. The number of carbonyl (C=O) groups excluding carboxylic acids is 1. The Hall–Kier alpha value is -5.39. The van der Waals surface area contributed by atoms with E-state index in [9.17, 15) is 9.90 Å². The molecule has 4 atom stereocenters. The molecule has 2 amide bonds. The number of hydrogen-bond acceptors (Lipinski definition) is 8. The minimum Gasteiger partial charge on any atom is -0.493 e. The molecular weight excluding hydrogens is 670 g/mol. The standard InChI is InChI=1S/C43H45N3O7/c1-28-40(26-46-22-21-32-23-38(49-2)39(50-3)24-33(32)25-46)52-42(53-41(28)30-11-9-29(27-47)10-12-30)31-13-15-34(16-14-31)44-43(48)45-35-17-19-37(20-18-35)51-36-7-5-4-6-8-36/h4-20,23-24,28,40-42,47H,21-22,25-27H2,1-3H3,(H2,44,45,48)/t28-,40+,41+,42+/m0/s1. The summed E-state index contributed by atoms with van der Waals surface area (Å²) in [5.74, 6) is 2.94. The topological polar surface area (TPSA) is 111 Å². The highest BCUT2D eigenvalue weighted by atomic mass is 16.7. The van der Waals surface area contributed by atoms with Crippen LogP contribution in [0.3, 0.4) is 0 Å². The third-order valence-electron chi connectivity index (χ3n) is 9.89. The van der Waals surface area contributed by atoms with Crippen LogP contribution in [-0.2, 0) is 29.0 Å². The van der Waals surface area contributed by atoms with E-state index in [-0.39, 0.29) is 30.8 Å². The molecule has 0 aliphatic carbocycles. The van der Waals surface area contributed by atoms with Gasteiger partial charge >= 0.3 is 6.03 Å². The van der Waals surface area contributed by atoms with Crippen molar-refractivity contribution in [2.75, 3.05) is 37.9 Å². The summed E-state index contributed by atoms with van der Waals surface area (Å²) in [5.41, 5.74) is 6.49. The van der Waals surface area contributed by atoms with Crippen LogP contribution in [0.2, 0.25) is 0 Å². The minimum atomic E-state index is -0.625. The van der Waals surface area contributed by atoms with E-state index in [0.717, 1.165) is 60.0 Å². The Bertz CT molecular complexity index is 1970. The average Bonchev–Trinajstić information content (AvgIpc) is 3.19. The van der Waals surface area contributed by atoms with Crippen LogP contribution in [0.1, 0.15) is 47.1 Å². The van der Waals surface area contributed by atoms with Gasteiger partial charge in [-0.05, 0) is 89.3 Å². The maximum atomic E-state index is 12.9. The monoisotopic (exact) mass is 715 g/mol. The molecule has 0 saturated carbocycles. The van der Waals surface area contributed by atoms with E-state index >= 15 is 0 Å². The Balaban J connectivity index is 1.02. The second kappa shape index (κ2) is 16.5. The van der Waals surface area contributed by atoms with Crippen LogP contribution in [0.25, 0.3) is 0 Å². The van der Waals surface area contributed by atoms with E-state index in [2.05, 4.69) is 34.6 Å². The first kappa shape index (κ1) is 36.0. The lowest BCUT2D eigenvalue weighted by Gasteiger charge is -2.43. The van der Waals surface area contributed by atoms with Crippen molar-refractivity contribution in [2.45, 2.75) is 45.0 Å². The van der Waals surface area contributed by atoms with Crippen molar-refractivity contribution in [3.8, 4) is 23.0 Å². The van der Waals surface area contributed by atoms with E-state index in [4.69, 9.17) is 23.7 Å². The van der Waals surface area contributed by atoms with Crippen LogP contribution in [0.5, 0.6) is 23.0 Å². The molecule has 274 valence electrons. The minimum absolute atomic E-state index is 0.0167. The molecular formula is C43H45N3O7. The van der Waals surface area contributed by atoms with E-state index in [0.29, 0.717) is 17.1 Å². The number of methoxy groups -OCH3 is 2. The Morgan fingerprint density at radius 3 is 2.02 bits per heavy atom. The number of aliphatic hydroxyl groups excluding tert-OH is 1. The summed E-state index contributed by atoms with van der Waals surface area (Å²) in [6, 6.07) is 36.0. The van der Waals surface area contributed by atoms with Gasteiger partial charge in [-0.25, -0.2) is 4.79 Å². The summed E-state index contributed by atoms with van der Waals surface area (Å²) in [6.07, 6.45) is -0.0923. The molecule has 1 saturated heterocycles. The van der Waals surface area contributed by atoms with Crippen molar-refractivity contribution in [3.05, 3.63) is 143 Å². The zero-order valence-electron chi connectivity index (χ0n) is 30.2. The lowest BCUT2D eigenvalue weighted by atomic mass is 9.89. The maximum absolute atomic E-state index is 12.9. The lowest BCUT2D eigenvalue weighted by molar-refractivity contribution is -0.276. The van der Waals surface area contributed by atoms with Crippen molar-refractivity contribution in [3.63, 3.8) is 0 Å². The number of ether oxygens (including phenoxy) is 5. The van der Waals surface area contributed by atoms with Gasteiger partial charge in [0.05, 0.1) is 33.0 Å². The number of amides is 2. The van der Waals surface area contributed by atoms with Crippen molar-refractivity contribution < 1.29 is 33.6 Å². The van der Waals surface area contributed by atoms with E-state index in [1.54, 1.807) is 26.4 Å².